The van der Waals surface area contributed by atoms with E-state index in [2.05, 4.69) is 11.1 Å². The highest BCUT2D eigenvalue weighted by atomic mass is 32.2. The van der Waals surface area contributed by atoms with Crippen LogP contribution in [0.15, 0.2) is 15.6 Å². The lowest BCUT2D eigenvalue weighted by Crippen LogP contribution is -2.47. The van der Waals surface area contributed by atoms with E-state index in [1.807, 2.05) is 6.26 Å². The van der Waals surface area contributed by atoms with Gasteiger partial charge in [-0.05, 0) is 19.1 Å². The van der Waals surface area contributed by atoms with Crippen LogP contribution in [0.1, 0.15) is 32.1 Å². The number of aliphatic imine (C=N–C) groups is 1. The molecule has 0 radical (unpaired) electrons. The molecule has 0 bridgehead atoms. The van der Waals surface area contributed by atoms with E-state index < -0.39 is 17.2 Å². The minimum atomic E-state index is -0.536. The zero-order valence-electron chi connectivity index (χ0n) is 11.0. The van der Waals surface area contributed by atoms with Crippen molar-refractivity contribution in [3.05, 3.63) is 10.6 Å². The first-order chi connectivity index (χ1) is 9.06. The summed E-state index contributed by atoms with van der Waals surface area (Å²) in [4.78, 5) is 16.1. The number of nitrogens with zero attached hydrogens (tertiary/aromatic N) is 2. The zero-order chi connectivity index (χ0) is 14.0. The summed E-state index contributed by atoms with van der Waals surface area (Å²) < 4.78 is 0. The molecule has 5 nitrogen and oxygen atoms in total. The molecule has 1 amide bonds. The molecular formula is C13H18N4OS. The Morgan fingerprint density at radius 2 is 2.11 bits per heavy atom. The third kappa shape index (κ3) is 2.12. The monoisotopic (exact) mass is 278 g/mol. The summed E-state index contributed by atoms with van der Waals surface area (Å²) in [6.07, 6.45) is 6.51. The summed E-state index contributed by atoms with van der Waals surface area (Å²) in [6, 6.07) is 2.24. The SMILES string of the molecule is CSC1=C(C(N)=O)C2(CCCCC2)C(C#N)C(N)=N1. The van der Waals surface area contributed by atoms with Gasteiger partial charge in [-0.25, -0.2) is 4.99 Å². The Labute approximate surface area is 117 Å². The van der Waals surface area contributed by atoms with E-state index in [0.717, 1.165) is 32.1 Å². The van der Waals surface area contributed by atoms with Crippen LogP contribution in [0, 0.1) is 22.7 Å². The molecule has 1 unspecified atom stereocenters. The molecule has 1 spiro atoms. The maximum atomic E-state index is 11.9. The number of hydrogen-bond acceptors (Lipinski definition) is 5. The van der Waals surface area contributed by atoms with E-state index in [1.165, 1.54) is 11.8 Å². The number of nitriles is 1. The number of amidine groups is 1. The molecule has 1 atom stereocenters. The molecule has 0 aromatic carbocycles. The average molecular weight is 278 g/mol. The Morgan fingerprint density at radius 1 is 1.47 bits per heavy atom. The highest BCUT2D eigenvalue weighted by molar-refractivity contribution is 8.02. The fourth-order valence-corrected chi connectivity index (χ4v) is 3.99. The standard InChI is InChI=1S/C13H18N4OS/c1-19-12-9(11(16)18)13(5-3-2-4-6-13)8(7-14)10(15)17-12/h8H,2-6H2,1H3,(H2,15,17)(H2,16,18). The van der Waals surface area contributed by atoms with Crippen LogP contribution < -0.4 is 11.5 Å². The predicted octanol–water partition coefficient (Wildman–Crippen LogP) is 1.51. The summed E-state index contributed by atoms with van der Waals surface area (Å²) >= 11 is 1.37. The highest BCUT2D eigenvalue weighted by Crippen LogP contribution is 2.52. The first-order valence-corrected chi connectivity index (χ1v) is 7.61. The van der Waals surface area contributed by atoms with Crippen LogP contribution in [0.4, 0.5) is 0 Å². The number of carbonyl (C=O) groups excluding carboxylic acids is 1. The predicted molar refractivity (Wildman–Crippen MR) is 76.0 cm³/mol. The van der Waals surface area contributed by atoms with Gasteiger partial charge in [0.15, 0.2) is 0 Å². The van der Waals surface area contributed by atoms with Gasteiger partial charge in [-0.2, -0.15) is 5.26 Å². The molecule has 6 heteroatoms. The third-order valence-electron chi connectivity index (χ3n) is 4.11. The van der Waals surface area contributed by atoms with Crippen molar-refractivity contribution >= 4 is 23.5 Å². The molecule has 102 valence electrons. The number of rotatable bonds is 2. The molecule has 1 aliphatic heterocycles. The second-order valence-corrected chi connectivity index (χ2v) is 5.86. The van der Waals surface area contributed by atoms with Crippen molar-refractivity contribution < 1.29 is 4.79 Å². The lowest BCUT2D eigenvalue weighted by atomic mass is 9.60. The summed E-state index contributed by atoms with van der Waals surface area (Å²) in [5.41, 5.74) is 11.5. The fourth-order valence-electron chi connectivity index (χ4n) is 3.29. The number of primary amides is 1. The smallest absolute Gasteiger partial charge is 0.247 e. The molecule has 0 aromatic heterocycles. The van der Waals surface area contributed by atoms with Crippen molar-refractivity contribution in [3.8, 4) is 6.07 Å². The van der Waals surface area contributed by atoms with Crippen molar-refractivity contribution in [2.75, 3.05) is 6.26 Å². The normalized spacial score (nSPS) is 25.9. The Hall–Kier alpha value is -1.48. The zero-order valence-corrected chi connectivity index (χ0v) is 11.8. The molecule has 2 rings (SSSR count). The maximum Gasteiger partial charge on any atom is 0.247 e. The van der Waals surface area contributed by atoms with Gasteiger partial charge in [-0.1, -0.05) is 19.3 Å². The fraction of sp³-hybridized carbons (Fsp3) is 0.615. The molecule has 0 saturated heterocycles. The topological polar surface area (TPSA) is 105 Å². The van der Waals surface area contributed by atoms with E-state index in [0.29, 0.717) is 16.4 Å². The van der Waals surface area contributed by atoms with Crippen LogP contribution in [-0.2, 0) is 4.79 Å². The Morgan fingerprint density at radius 3 is 2.58 bits per heavy atom. The molecule has 1 fully saturated rings. The van der Waals surface area contributed by atoms with Crippen molar-refractivity contribution in [1.29, 1.82) is 5.26 Å². The highest BCUT2D eigenvalue weighted by Gasteiger charge is 2.50. The lowest BCUT2D eigenvalue weighted by Gasteiger charge is -2.43. The minimum Gasteiger partial charge on any atom is -0.386 e. The van der Waals surface area contributed by atoms with Crippen LogP contribution in [0.2, 0.25) is 0 Å². The quantitative estimate of drug-likeness (QED) is 0.798. The van der Waals surface area contributed by atoms with Crippen molar-refractivity contribution in [2.45, 2.75) is 32.1 Å². The molecule has 19 heavy (non-hydrogen) atoms. The Balaban J connectivity index is 2.63. The van der Waals surface area contributed by atoms with Gasteiger partial charge in [0, 0.05) is 5.41 Å². The Kier molecular flexibility index (Phi) is 3.85. The van der Waals surface area contributed by atoms with E-state index in [1.54, 1.807) is 0 Å². The van der Waals surface area contributed by atoms with Gasteiger partial charge >= 0.3 is 0 Å². The number of nitrogens with two attached hydrogens (primary N) is 2. The van der Waals surface area contributed by atoms with Crippen molar-refractivity contribution in [3.63, 3.8) is 0 Å². The maximum absolute atomic E-state index is 11.9. The molecule has 2 aliphatic rings. The van der Waals surface area contributed by atoms with Gasteiger partial charge in [0.25, 0.3) is 0 Å². The van der Waals surface area contributed by atoms with Gasteiger partial charge in [-0.3, -0.25) is 4.79 Å². The lowest BCUT2D eigenvalue weighted by molar-refractivity contribution is -0.116. The van der Waals surface area contributed by atoms with Gasteiger partial charge in [0.05, 0.1) is 11.6 Å². The number of amides is 1. The van der Waals surface area contributed by atoms with Crippen LogP contribution in [-0.4, -0.2) is 18.0 Å². The van der Waals surface area contributed by atoms with E-state index in [4.69, 9.17) is 11.5 Å². The molecule has 1 saturated carbocycles. The molecule has 4 N–H and O–H groups in total. The number of thioether (sulfide) groups is 1. The third-order valence-corrected chi connectivity index (χ3v) is 4.79. The van der Waals surface area contributed by atoms with E-state index in [-0.39, 0.29) is 0 Å². The molecule has 1 heterocycles. The largest absolute Gasteiger partial charge is 0.386 e. The summed E-state index contributed by atoms with van der Waals surface area (Å²) in [7, 11) is 0. The van der Waals surface area contributed by atoms with Gasteiger partial charge in [-0.15, -0.1) is 11.8 Å². The van der Waals surface area contributed by atoms with Crippen molar-refractivity contribution in [1.82, 2.24) is 0 Å². The van der Waals surface area contributed by atoms with Crippen LogP contribution in [0.5, 0.6) is 0 Å². The van der Waals surface area contributed by atoms with Crippen LogP contribution >= 0.6 is 11.8 Å². The second kappa shape index (κ2) is 5.25. The van der Waals surface area contributed by atoms with Crippen LogP contribution in [0.3, 0.4) is 0 Å². The molecular weight excluding hydrogens is 260 g/mol. The summed E-state index contributed by atoms with van der Waals surface area (Å²) in [5, 5.41) is 10.0. The van der Waals surface area contributed by atoms with Gasteiger partial charge < -0.3 is 11.5 Å². The second-order valence-electron chi connectivity index (χ2n) is 5.06. The van der Waals surface area contributed by atoms with Crippen molar-refractivity contribution in [2.24, 2.45) is 27.8 Å². The Bertz CT molecular complexity index is 497. The first-order valence-electron chi connectivity index (χ1n) is 6.39. The summed E-state index contributed by atoms with van der Waals surface area (Å²) in [5.74, 6) is -0.687. The molecule has 0 aromatic rings. The van der Waals surface area contributed by atoms with Gasteiger partial charge in [0.1, 0.15) is 16.8 Å². The first kappa shape index (κ1) is 13.9. The van der Waals surface area contributed by atoms with Gasteiger partial charge in [0.2, 0.25) is 5.91 Å². The van der Waals surface area contributed by atoms with E-state index >= 15 is 0 Å². The van der Waals surface area contributed by atoms with Crippen LogP contribution in [0.25, 0.3) is 0 Å². The minimum absolute atomic E-state index is 0.318. The number of hydrogen-bond donors (Lipinski definition) is 2. The molecule has 1 aliphatic carbocycles. The summed E-state index contributed by atoms with van der Waals surface area (Å²) in [6.45, 7) is 0. The number of carbonyl (C=O) groups is 1. The van der Waals surface area contributed by atoms with E-state index in [9.17, 15) is 10.1 Å². The average Bonchev–Trinajstić information content (AvgIpc) is 2.38.